The van der Waals surface area contributed by atoms with Crippen LogP contribution in [0.4, 0.5) is 0 Å². The molecule has 1 aromatic heterocycles. The molecule has 24 heavy (non-hydrogen) atoms. The van der Waals surface area contributed by atoms with Crippen molar-refractivity contribution < 1.29 is 27.9 Å². The summed E-state index contributed by atoms with van der Waals surface area (Å²) < 4.78 is 33.0. The van der Waals surface area contributed by atoms with Crippen LogP contribution in [-0.4, -0.2) is 38.6 Å². The number of hydrogen-bond donors (Lipinski definition) is 2. The van der Waals surface area contributed by atoms with Gasteiger partial charge in [-0.15, -0.1) is 11.3 Å². The van der Waals surface area contributed by atoms with Gasteiger partial charge in [0.25, 0.3) is 0 Å². The Hall–Kier alpha value is -1.97. The average Bonchev–Trinajstić information content (AvgIpc) is 2.91. The molecule has 2 rings (SSSR count). The first-order chi connectivity index (χ1) is 11.2. The number of rotatable bonds is 6. The zero-order valence-corrected chi connectivity index (χ0v) is 14.9. The van der Waals surface area contributed by atoms with Gasteiger partial charge in [0.15, 0.2) is 0 Å². The number of sulfonamides is 1. The van der Waals surface area contributed by atoms with Crippen LogP contribution in [0, 0.1) is 5.92 Å². The molecule has 2 aromatic rings. The summed E-state index contributed by atoms with van der Waals surface area (Å²) in [5, 5.41) is 9.58. The van der Waals surface area contributed by atoms with E-state index < -0.39 is 33.9 Å². The van der Waals surface area contributed by atoms with Crippen LogP contribution in [0.15, 0.2) is 29.2 Å². The van der Waals surface area contributed by atoms with Crippen molar-refractivity contribution in [3.8, 4) is 0 Å². The van der Waals surface area contributed by atoms with Crippen LogP contribution >= 0.6 is 11.3 Å². The molecule has 0 radical (unpaired) electrons. The maximum Gasteiger partial charge on any atom is 0.349 e. The Balaban J connectivity index is 2.65. The van der Waals surface area contributed by atoms with E-state index >= 15 is 0 Å². The molecule has 7 nitrogen and oxygen atoms in total. The quantitative estimate of drug-likeness (QED) is 0.752. The lowest BCUT2D eigenvalue weighted by atomic mass is 10.1. The van der Waals surface area contributed by atoms with Crippen molar-refractivity contribution in [1.82, 2.24) is 4.72 Å². The summed E-state index contributed by atoms with van der Waals surface area (Å²) in [5.41, 5.74) is 0. The molecule has 2 N–H and O–H groups in total. The Morgan fingerprint density at radius 3 is 2.42 bits per heavy atom. The Kier molecular flexibility index (Phi) is 5.26. The molecule has 0 aliphatic rings. The number of carbonyl (C=O) groups is 2. The van der Waals surface area contributed by atoms with E-state index in [9.17, 15) is 23.1 Å². The van der Waals surface area contributed by atoms with Gasteiger partial charge in [-0.05, 0) is 12.0 Å². The number of benzene rings is 1. The number of fused-ring (bicyclic) bond motifs is 1. The van der Waals surface area contributed by atoms with Crippen molar-refractivity contribution in [1.29, 1.82) is 0 Å². The Bertz CT molecular complexity index is 885. The van der Waals surface area contributed by atoms with Crippen molar-refractivity contribution in [2.75, 3.05) is 7.11 Å². The first kappa shape index (κ1) is 18.4. The summed E-state index contributed by atoms with van der Waals surface area (Å²) in [7, 11) is -3.08. The van der Waals surface area contributed by atoms with Gasteiger partial charge in [0.2, 0.25) is 10.0 Å². The Morgan fingerprint density at radius 1 is 1.25 bits per heavy atom. The minimum absolute atomic E-state index is 0.0842. The van der Waals surface area contributed by atoms with Crippen LogP contribution in [0.1, 0.15) is 23.5 Å². The van der Waals surface area contributed by atoms with Crippen LogP contribution in [0.25, 0.3) is 10.1 Å². The smallest absolute Gasteiger partial charge is 0.349 e. The van der Waals surface area contributed by atoms with E-state index in [1.54, 1.807) is 38.1 Å². The minimum atomic E-state index is -4.24. The highest BCUT2D eigenvalue weighted by Gasteiger charge is 2.33. The molecule has 0 bridgehead atoms. The summed E-state index contributed by atoms with van der Waals surface area (Å²) in [6.45, 7) is 3.18. The maximum atomic E-state index is 12.8. The van der Waals surface area contributed by atoms with Gasteiger partial charge in [-0.1, -0.05) is 32.0 Å². The molecule has 1 aromatic carbocycles. The van der Waals surface area contributed by atoms with E-state index in [1.165, 1.54) is 0 Å². The molecular formula is C15H17NO6S2. The summed E-state index contributed by atoms with van der Waals surface area (Å²) in [4.78, 5) is 23.0. The monoisotopic (exact) mass is 371 g/mol. The molecule has 9 heteroatoms. The lowest BCUT2D eigenvalue weighted by Gasteiger charge is -2.18. The SMILES string of the molecule is COC(=O)c1sc2ccccc2c1S(=O)(=O)NC(C(=O)O)C(C)C. The second-order valence-electron chi connectivity index (χ2n) is 5.43. The third-order valence-corrected chi connectivity index (χ3v) is 6.21. The van der Waals surface area contributed by atoms with Gasteiger partial charge in [-0.2, -0.15) is 4.72 Å². The number of ether oxygens (including phenoxy) is 1. The zero-order valence-electron chi connectivity index (χ0n) is 13.3. The van der Waals surface area contributed by atoms with Gasteiger partial charge in [0.05, 0.1) is 7.11 Å². The molecule has 0 amide bonds. The summed E-state index contributed by atoms with van der Waals surface area (Å²) >= 11 is 0.986. The van der Waals surface area contributed by atoms with Crippen LogP contribution in [-0.2, 0) is 19.6 Å². The van der Waals surface area contributed by atoms with E-state index in [0.717, 1.165) is 18.4 Å². The number of aliphatic carboxylic acids is 1. The van der Waals surface area contributed by atoms with E-state index in [2.05, 4.69) is 9.46 Å². The van der Waals surface area contributed by atoms with E-state index in [4.69, 9.17) is 0 Å². The normalized spacial score (nSPS) is 13.2. The van der Waals surface area contributed by atoms with Crippen LogP contribution in [0.3, 0.4) is 0 Å². The first-order valence-electron chi connectivity index (χ1n) is 7.04. The average molecular weight is 371 g/mol. The summed E-state index contributed by atoms with van der Waals surface area (Å²) in [5.74, 6) is -2.54. The zero-order chi connectivity index (χ0) is 18.1. The molecule has 1 heterocycles. The molecular weight excluding hydrogens is 354 g/mol. The van der Waals surface area contributed by atoms with Crippen molar-refractivity contribution in [3.63, 3.8) is 0 Å². The van der Waals surface area contributed by atoms with Crippen molar-refractivity contribution in [2.45, 2.75) is 24.8 Å². The van der Waals surface area contributed by atoms with Crippen LogP contribution in [0.5, 0.6) is 0 Å². The molecule has 0 aliphatic heterocycles. The van der Waals surface area contributed by atoms with Gasteiger partial charge >= 0.3 is 11.9 Å². The highest BCUT2D eigenvalue weighted by atomic mass is 32.2. The largest absolute Gasteiger partial charge is 0.480 e. The molecule has 0 aliphatic carbocycles. The first-order valence-corrected chi connectivity index (χ1v) is 9.34. The van der Waals surface area contributed by atoms with Gasteiger partial charge in [0.1, 0.15) is 15.8 Å². The highest BCUT2D eigenvalue weighted by Crippen LogP contribution is 2.35. The van der Waals surface area contributed by atoms with Crippen molar-refractivity contribution in [3.05, 3.63) is 29.1 Å². The van der Waals surface area contributed by atoms with Gasteiger partial charge < -0.3 is 9.84 Å². The Labute approximate surface area is 143 Å². The standard InChI is InChI=1S/C15H17NO6S2/c1-8(2)11(14(17)18)16-24(20,21)13-9-6-4-5-7-10(9)23-12(13)15(19)22-3/h4-8,11,16H,1-3H3,(H,17,18). The van der Waals surface area contributed by atoms with Crippen LogP contribution in [0.2, 0.25) is 0 Å². The minimum Gasteiger partial charge on any atom is -0.480 e. The second kappa shape index (κ2) is 6.88. The molecule has 1 atom stereocenters. The fraction of sp³-hybridized carbons (Fsp3) is 0.333. The number of thiophene rings is 1. The Morgan fingerprint density at radius 2 is 1.88 bits per heavy atom. The lowest BCUT2D eigenvalue weighted by molar-refractivity contribution is -0.140. The topological polar surface area (TPSA) is 110 Å². The number of methoxy groups -OCH3 is 1. The maximum absolute atomic E-state index is 12.8. The van der Waals surface area contributed by atoms with E-state index in [0.29, 0.717) is 10.1 Å². The molecule has 0 fully saturated rings. The summed E-state index contributed by atoms with van der Waals surface area (Å²) in [6.07, 6.45) is 0. The molecule has 130 valence electrons. The fourth-order valence-electron chi connectivity index (χ4n) is 2.21. The number of esters is 1. The fourth-order valence-corrected chi connectivity index (χ4v) is 5.37. The molecule has 1 unspecified atom stereocenters. The van der Waals surface area contributed by atoms with Crippen molar-refractivity contribution >= 4 is 43.4 Å². The lowest BCUT2D eigenvalue weighted by Crippen LogP contribution is -2.44. The third-order valence-electron chi connectivity index (χ3n) is 3.40. The van der Waals surface area contributed by atoms with Gasteiger partial charge in [-0.25, -0.2) is 13.2 Å². The number of carboxylic acid groups (broad SMARTS) is 1. The van der Waals surface area contributed by atoms with E-state index in [1.807, 2.05) is 0 Å². The van der Waals surface area contributed by atoms with Gasteiger partial charge in [0, 0.05) is 10.1 Å². The predicted octanol–water partition coefficient (Wildman–Crippen LogP) is 2.08. The second-order valence-corrected chi connectivity index (χ2v) is 8.13. The molecule has 0 saturated carbocycles. The van der Waals surface area contributed by atoms with Gasteiger partial charge in [-0.3, -0.25) is 4.79 Å². The molecule has 0 spiro atoms. The van der Waals surface area contributed by atoms with Crippen molar-refractivity contribution in [2.24, 2.45) is 5.92 Å². The third kappa shape index (κ3) is 3.42. The van der Waals surface area contributed by atoms with E-state index in [-0.39, 0.29) is 9.77 Å². The predicted molar refractivity (Wildman–Crippen MR) is 89.7 cm³/mol. The number of carboxylic acids is 1. The number of carbonyl (C=O) groups excluding carboxylic acids is 1. The number of nitrogens with one attached hydrogen (secondary N) is 1. The molecule has 0 saturated heterocycles. The highest BCUT2D eigenvalue weighted by molar-refractivity contribution is 7.90. The summed E-state index contributed by atoms with van der Waals surface area (Å²) in [6, 6.07) is 5.31. The van der Waals surface area contributed by atoms with Crippen LogP contribution < -0.4 is 4.72 Å². The number of hydrogen-bond acceptors (Lipinski definition) is 6.